The molecule has 2 aliphatic rings. The molecule has 0 radical (unpaired) electrons. The first-order valence-electron chi connectivity index (χ1n) is 10.1. The molecular formula is C23H25FN2O4. The third kappa shape index (κ3) is 3.97. The Hall–Kier alpha value is -3.09. The molecule has 2 aliphatic heterocycles. The number of hydrogen-bond acceptors (Lipinski definition) is 4. The highest BCUT2D eigenvalue weighted by Gasteiger charge is 2.32. The molecule has 0 spiro atoms. The number of nitrogens with zero attached hydrogens (tertiary/aromatic N) is 2. The summed E-state index contributed by atoms with van der Waals surface area (Å²) in [7, 11) is 1.61. The van der Waals surface area contributed by atoms with Crippen molar-refractivity contribution >= 4 is 11.8 Å². The second kappa shape index (κ2) is 8.34. The van der Waals surface area contributed by atoms with Crippen molar-refractivity contribution in [2.75, 3.05) is 39.9 Å². The van der Waals surface area contributed by atoms with Gasteiger partial charge in [0.25, 0.3) is 5.91 Å². The monoisotopic (exact) mass is 412 g/mol. The minimum Gasteiger partial charge on any atom is -0.497 e. The van der Waals surface area contributed by atoms with Gasteiger partial charge in [0.1, 0.15) is 23.9 Å². The van der Waals surface area contributed by atoms with Crippen LogP contribution < -0.4 is 9.47 Å². The molecule has 4 rings (SSSR count). The van der Waals surface area contributed by atoms with Crippen molar-refractivity contribution in [3.05, 3.63) is 58.9 Å². The number of carbonyl (C=O) groups is 2. The quantitative estimate of drug-likeness (QED) is 0.778. The molecule has 0 aliphatic carbocycles. The van der Waals surface area contributed by atoms with Crippen LogP contribution in [0.1, 0.15) is 21.5 Å². The summed E-state index contributed by atoms with van der Waals surface area (Å²) in [5.74, 6) is 0.729. The van der Waals surface area contributed by atoms with Gasteiger partial charge in [-0.2, -0.15) is 0 Å². The van der Waals surface area contributed by atoms with E-state index in [1.165, 1.54) is 6.07 Å². The van der Waals surface area contributed by atoms with Crippen molar-refractivity contribution in [2.45, 2.75) is 13.3 Å². The number of fused-ring (bicyclic) bond motifs is 1. The van der Waals surface area contributed by atoms with Crippen LogP contribution in [0.4, 0.5) is 4.39 Å². The fourth-order valence-electron chi connectivity index (χ4n) is 3.95. The average molecular weight is 412 g/mol. The SMILES string of the molecule is COc1ccc2c(c1)CC(C(=O)N1CCN(C(=O)c3ccc(C)c(F)c3)CC1)CO2. The molecule has 158 valence electrons. The molecule has 2 heterocycles. The Bertz CT molecular complexity index is 970. The maximum Gasteiger partial charge on any atom is 0.254 e. The highest BCUT2D eigenvalue weighted by atomic mass is 19.1. The van der Waals surface area contributed by atoms with E-state index in [1.54, 1.807) is 36.0 Å². The predicted octanol–water partition coefficient (Wildman–Crippen LogP) is 2.68. The van der Waals surface area contributed by atoms with Gasteiger partial charge in [-0.3, -0.25) is 9.59 Å². The Kier molecular flexibility index (Phi) is 5.61. The van der Waals surface area contributed by atoms with Crippen molar-refractivity contribution in [2.24, 2.45) is 5.92 Å². The summed E-state index contributed by atoms with van der Waals surface area (Å²) in [5.41, 5.74) is 1.81. The van der Waals surface area contributed by atoms with Crippen LogP contribution in [-0.2, 0) is 11.2 Å². The highest BCUT2D eigenvalue weighted by molar-refractivity contribution is 5.94. The lowest BCUT2D eigenvalue weighted by molar-refractivity contribution is -0.138. The lowest BCUT2D eigenvalue weighted by atomic mass is 9.95. The van der Waals surface area contributed by atoms with Crippen LogP contribution in [0.2, 0.25) is 0 Å². The first-order valence-corrected chi connectivity index (χ1v) is 10.1. The molecule has 0 N–H and O–H groups in total. The number of piperazine rings is 1. The Balaban J connectivity index is 1.36. The number of rotatable bonds is 3. The van der Waals surface area contributed by atoms with Gasteiger partial charge in [-0.25, -0.2) is 4.39 Å². The van der Waals surface area contributed by atoms with Crippen molar-refractivity contribution in [3.8, 4) is 11.5 Å². The molecule has 1 atom stereocenters. The zero-order valence-corrected chi connectivity index (χ0v) is 17.2. The summed E-state index contributed by atoms with van der Waals surface area (Å²) in [5, 5.41) is 0. The molecule has 0 aromatic heterocycles. The lowest BCUT2D eigenvalue weighted by Crippen LogP contribution is -2.53. The first kappa shape index (κ1) is 20.2. The number of methoxy groups -OCH3 is 1. The molecule has 2 aromatic rings. The van der Waals surface area contributed by atoms with Gasteiger partial charge in [-0.1, -0.05) is 6.07 Å². The Labute approximate surface area is 175 Å². The van der Waals surface area contributed by atoms with Gasteiger partial charge in [0, 0.05) is 31.7 Å². The summed E-state index contributed by atoms with van der Waals surface area (Å²) in [6.45, 7) is 3.79. The zero-order chi connectivity index (χ0) is 21.3. The van der Waals surface area contributed by atoms with E-state index in [1.807, 2.05) is 18.2 Å². The van der Waals surface area contributed by atoms with Crippen molar-refractivity contribution in [1.29, 1.82) is 0 Å². The van der Waals surface area contributed by atoms with Gasteiger partial charge in [0.2, 0.25) is 5.91 Å². The third-order valence-electron chi connectivity index (χ3n) is 5.82. The second-order valence-corrected chi connectivity index (χ2v) is 7.77. The smallest absolute Gasteiger partial charge is 0.254 e. The van der Waals surface area contributed by atoms with Gasteiger partial charge in [0.15, 0.2) is 0 Å². The van der Waals surface area contributed by atoms with E-state index >= 15 is 0 Å². The first-order chi connectivity index (χ1) is 14.5. The van der Waals surface area contributed by atoms with E-state index in [0.29, 0.717) is 50.3 Å². The minimum atomic E-state index is -0.385. The van der Waals surface area contributed by atoms with Crippen molar-refractivity contribution < 1.29 is 23.5 Å². The van der Waals surface area contributed by atoms with Crippen LogP contribution >= 0.6 is 0 Å². The summed E-state index contributed by atoms with van der Waals surface area (Å²) in [6, 6.07) is 10.2. The minimum absolute atomic E-state index is 0.0388. The topological polar surface area (TPSA) is 59.1 Å². The standard InChI is InChI=1S/C23H25FN2O4/c1-15-3-4-16(13-20(15)24)22(27)25-7-9-26(10-8-25)23(28)18-11-17-12-19(29-2)5-6-21(17)30-14-18/h3-6,12-13,18H,7-11,14H2,1-2H3. The maximum atomic E-state index is 13.8. The lowest BCUT2D eigenvalue weighted by Gasteiger charge is -2.37. The van der Waals surface area contributed by atoms with Gasteiger partial charge < -0.3 is 19.3 Å². The summed E-state index contributed by atoms with van der Waals surface area (Å²) < 4.78 is 24.8. The van der Waals surface area contributed by atoms with Crippen LogP contribution in [0.15, 0.2) is 36.4 Å². The Morgan fingerprint density at radius 1 is 1.07 bits per heavy atom. The number of benzene rings is 2. The number of hydrogen-bond donors (Lipinski definition) is 0. The molecular weight excluding hydrogens is 387 g/mol. The number of amides is 2. The van der Waals surface area contributed by atoms with Gasteiger partial charge >= 0.3 is 0 Å². The average Bonchev–Trinajstić information content (AvgIpc) is 2.79. The van der Waals surface area contributed by atoms with Gasteiger partial charge in [-0.05, 0) is 54.8 Å². The Morgan fingerprint density at radius 2 is 1.80 bits per heavy atom. The fraction of sp³-hybridized carbons (Fsp3) is 0.391. The van der Waals surface area contributed by atoms with Crippen LogP contribution in [-0.4, -0.2) is 61.5 Å². The number of halogens is 1. The molecule has 7 heteroatoms. The fourth-order valence-corrected chi connectivity index (χ4v) is 3.95. The van der Waals surface area contributed by atoms with Crippen LogP contribution in [0.25, 0.3) is 0 Å². The number of ether oxygens (including phenoxy) is 2. The summed E-state index contributed by atoms with van der Waals surface area (Å²) in [4.78, 5) is 29.1. The molecule has 2 aromatic carbocycles. The van der Waals surface area contributed by atoms with Crippen molar-refractivity contribution in [1.82, 2.24) is 9.80 Å². The number of aryl methyl sites for hydroxylation is 1. The van der Waals surface area contributed by atoms with E-state index in [-0.39, 0.29) is 23.5 Å². The van der Waals surface area contributed by atoms with Crippen molar-refractivity contribution in [3.63, 3.8) is 0 Å². The predicted molar refractivity (Wildman–Crippen MR) is 109 cm³/mol. The molecule has 0 saturated carbocycles. The normalized spacial score (nSPS) is 18.4. The largest absolute Gasteiger partial charge is 0.497 e. The summed E-state index contributed by atoms with van der Waals surface area (Å²) in [6.07, 6.45) is 0.604. The van der Waals surface area contributed by atoms with E-state index in [4.69, 9.17) is 9.47 Å². The third-order valence-corrected chi connectivity index (χ3v) is 5.82. The van der Waals surface area contributed by atoms with E-state index in [0.717, 1.165) is 17.1 Å². The molecule has 1 fully saturated rings. The second-order valence-electron chi connectivity index (χ2n) is 7.77. The maximum absolute atomic E-state index is 13.8. The zero-order valence-electron chi connectivity index (χ0n) is 17.2. The van der Waals surface area contributed by atoms with Gasteiger partial charge in [0.05, 0.1) is 13.0 Å². The van der Waals surface area contributed by atoms with E-state index in [2.05, 4.69) is 0 Å². The van der Waals surface area contributed by atoms with E-state index in [9.17, 15) is 14.0 Å². The number of carbonyl (C=O) groups excluding carboxylic acids is 2. The Morgan fingerprint density at radius 3 is 2.50 bits per heavy atom. The molecule has 6 nitrogen and oxygen atoms in total. The van der Waals surface area contributed by atoms with Gasteiger partial charge in [-0.15, -0.1) is 0 Å². The molecule has 2 amide bonds. The molecule has 30 heavy (non-hydrogen) atoms. The van der Waals surface area contributed by atoms with Crippen LogP contribution in [0.5, 0.6) is 11.5 Å². The van der Waals surface area contributed by atoms with Crippen LogP contribution in [0.3, 0.4) is 0 Å². The van der Waals surface area contributed by atoms with Crippen LogP contribution in [0, 0.1) is 18.7 Å². The molecule has 0 bridgehead atoms. The molecule has 1 saturated heterocycles. The van der Waals surface area contributed by atoms with E-state index < -0.39 is 0 Å². The highest BCUT2D eigenvalue weighted by Crippen LogP contribution is 2.31. The molecule has 1 unspecified atom stereocenters. The summed E-state index contributed by atoms with van der Waals surface area (Å²) >= 11 is 0.